The van der Waals surface area contributed by atoms with E-state index in [0.717, 1.165) is 11.8 Å². The highest BCUT2D eigenvalue weighted by Gasteiger charge is 2.43. The average Bonchev–Trinajstić information content (AvgIpc) is 3.25. The van der Waals surface area contributed by atoms with Crippen LogP contribution in [0.5, 0.6) is 0 Å². The van der Waals surface area contributed by atoms with Crippen LogP contribution in [0.15, 0.2) is 29.2 Å². The van der Waals surface area contributed by atoms with E-state index in [-0.39, 0.29) is 10.6 Å². The van der Waals surface area contributed by atoms with Crippen molar-refractivity contribution in [2.45, 2.75) is 36.6 Å². The molecule has 4 rings (SSSR count). The van der Waals surface area contributed by atoms with Crippen molar-refractivity contribution in [1.82, 2.24) is 9.21 Å². The van der Waals surface area contributed by atoms with Gasteiger partial charge in [-0.25, -0.2) is 8.42 Å². The molecule has 0 N–H and O–H groups in total. The molecule has 3 aliphatic rings. The third-order valence-corrected chi connectivity index (χ3v) is 8.07. The molecule has 2 aliphatic carbocycles. The van der Waals surface area contributed by atoms with E-state index in [4.69, 9.17) is 0 Å². The quantitative estimate of drug-likeness (QED) is 0.603. The molecular formula is C17H23N3O4S. The van der Waals surface area contributed by atoms with Crippen LogP contribution in [0, 0.1) is 22.0 Å². The molecule has 0 amide bonds. The fourth-order valence-corrected chi connectivity index (χ4v) is 6.48. The Hall–Kier alpha value is -1.51. The Kier molecular flexibility index (Phi) is 4.29. The third-order valence-electron chi connectivity index (χ3n) is 6.12. The molecule has 25 heavy (non-hydrogen) atoms. The van der Waals surface area contributed by atoms with Crippen molar-refractivity contribution < 1.29 is 13.3 Å². The van der Waals surface area contributed by atoms with E-state index < -0.39 is 14.9 Å². The van der Waals surface area contributed by atoms with Gasteiger partial charge in [0.1, 0.15) is 0 Å². The van der Waals surface area contributed by atoms with Crippen LogP contribution in [-0.2, 0) is 10.0 Å². The molecule has 1 heterocycles. The van der Waals surface area contributed by atoms with Gasteiger partial charge < -0.3 is 0 Å². The number of nitro groups is 1. The van der Waals surface area contributed by atoms with Crippen LogP contribution in [0.2, 0.25) is 0 Å². The topological polar surface area (TPSA) is 83.8 Å². The Morgan fingerprint density at radius 2 is 1.76 bits per heavy atom. The molecule has 3 fully saturated rings. The van der Waals surface area contributed by atoms with Crippen molar-refractivity contribution in [1.29, 1.82) is 0 Å². The fourth-order valence-electron chi connectivity index (χ4n) is 4.90. The van der Waals surface area contributed by atoms with Crippen molar-refractivity contribution >= 4 is 15.7 Å². The molecule has 136 valence electrons. The third kappa shape index (κ3) is 2.96. The number of sulfonamides is 1. The van der Waals surface area contributed by atoms with Crippen molar-refractivity contribution in [3.8, 4) is 0 Å². The van der Waals surface area contributed by atoms with E-state index in [0.29, 0.717) is 32.2 Å². The van der Waals surface area contributed by atoms with Gasteiger partial charge in [-0.15, -0.1) is 0 Å². The standard InChI is InChI=1S/C17H23N3O4S/c21-20(22)15-3-1-2-4-17(15)25(23,24)19-9-7-18(8-10-19)16-12-13-5-6-14(16)11-13/h1-4,13-14,16H,5-12H2/t13-,14-,16-/m1/s1. The summed E-state index contributed by atoms with van der Waals surface area (Å²) in [6.45, 7) is 2.24. The summed E-state index contributed by atoms with van der Waals surface area (Å²) in [6, 6.07) is 6.21. The zero-order valence-corrected chi connectivity index (χ0v) is 14.9. The smallest absolute Gasteiger partial charge is 0.289 e. The van der Waals surface area contributed by atoms with Crippen molar-refractivity contribution in [2.24, 2.45) is 11.8 Å². The highest BCUT2D eigenvalue weighted by molar-refractivity contribution is 7.89. The van der Waals surface area contributed by atoms with Gasteiger partial charge in [-0.3, -0.25) is 15.0 Å². The fraction of sp³-hybridized carbons (Fsp3) is 0.647. The second kappa shape index (κ2) is 6.34. The number of nitrogens with zero attached hydrogens (tertiary/aromatic N) is 3. The van der Waals surface area contributed by atoms with Crippen LogP contribution < -0.4 is 0 Å². The molecule has 0 aromatic heterocycles. The van der Waals surface area contributed by atoms with Crippen LogP contribution in [0.1, 0.15) is 25.7 Å². The monoisotopic (exact) mass is 365 g/mol. The molecule has 3 atom stereocenters. The summed E-state index contributed by atoms with van der Waals surface area (Å²) >= 11 is 0. The van der Waals surface area contributed by atoms with Crippen LogP contribution in [0.25, 0.3) is 0 Å². The minimum atomic E-state index is -3.83. The lowest BCUT2D eigenvalue weighted by Crippen LogP contribution is -2.53. The number of para-hydroxylation sites is 1. The molecule has 8 heteroatoms. The first kappa shape index (κ1) is 16.9. The molecule has 1 aromatic carbocycles. The van der Waals surface area contributed by atoms with Gasteiger partial charge in [-0.05, 0) is 37.2 Å². The predicted molar refractivity (Wildman–Crippen MR) is 92.7 cm³/mol. The SMILES string of the molecule is O=[N+]([O-])c1ccccc1S(=O)(=O)N1CCN([C@@H]2C[C@@H]3CC[C@@H]2C3)CC1. The average molecular weight is 365 g/mol. The van der Waals surface area contributed by atoms with Crippen LogP contribution in [0.4, 0.5) is 5.69 Å². The van der Waals surface area contributed by atoms with Gasteiger partial charge in [0, 0.05) is 38.3 Å². The summed E-state index contributed by atoms with van der Waals surface area (Å²) < 4.78 is 27.1. The second-order valence-corrected chi connectivity index (χ2v) is 9.31. The van der Waals surface area contributed by atoms with Gasteiger partial charge >= 0.3 is 0 Å². The van der Waals surface area contributed by atoms with Gasteiger partial charge in [0.2, 0.25) is 10.0 Å². The zero-order chi connectivity index (χ0) is 17.6. The van der Waals surface area contributed by atoms with Crippen LogP contribution in [0.3, 0.4) is 0 Å². The maximum Gasteiger partial charge on any atom is 0.289 e. The molecule has 1 saturated heterocycles. The van der Waals surface area contributed by atoms with E-state index >= 15 is 0 Å². The van der Waals surface area contributed by atoms with Crippen LogP contribution >= 0.6 is 0 Å². The Morgan fingerprint density at radius 3 is 2.36 bits per heavy atom. The predicted octanol–water partition coefficient (Wildman–Crippen LogP) is 2.09. The van der Waals surface area contributed by atoms with Gasteiger partial charge in [-0.2, -0.15) is 4.31 Å². The molecule has 2 bridgehead atoms. The lowest BCUT2D eigenvalue weighted by atomic mass is 9.93. The van der Waals surface area contributed by atoms with Crippen molar-refractivity contribution in [3.05, 3.63) is 34.4 Å². The molecule has 1 aromatic rings. The number of nitro benzene ring substituents is 1. The summed E-state index contributed by atoms with van der Waals surface area (Å²) in [6.07, 6.45) is 5.25. The van der Waals surface area contributed by atoms with E-state index in [2.05, 4.69) is 4.90 Å². The number of benzene rings is 1. The van der Waals surface area contributed by atoms with Gasteiger partial charge in [-0.1, -0.05) is 18.6 Å². The van der Waals surface area contributed by atoms with Crippen molar-refractivity contribution in [2.75, 3.05) is 26.2 Å². The van der Waals surface area contributed by atoms with Gasteiger partial charge in [0.05, 0.1) is 4.92 Å². The number of fused-ring (bicyclic) bond motifs is 2. The highest BCUT2D eigenvalue weighted by atomic mass is 32.2. The minimum Gasteiger partial charge on any atom is -0.297 e. The van der Waals surface area contributed by atoms with E-state index in [1.165, 1.54) is 54.3 Å². The summed E-state index contributed by atoms with van der Waals surface area (Å²) in [7, 11) is -3.83. The first-order valence-electron chi connectivity index (χ1n) is 8.94. The van der Waals surface area contributed by atoms with E-state index in [1.807, 2.05) is 0 Å². The maximum absolute atomic E-state index is 12.9. The maximum atomic E-state index is 12.9. The van der Waals surface area contributed by atoms with Gasteiger partial charge in [0.25, 0.3) is 5.69 Å². The first-order chi connectivity index (χ1) is 12.0. The number of piperazine rings is 1. The number of hydrogen-bond donors (Lipinski definition) is 0. The molecule has 2 saturated carbocycles. The lowest BCUT2D eigenvalue weighted by molar-refractivity contribution is -0.387. The Labute approximate surface area is 147 Å². The van der Waals surface area contributed by atoms with E-state index in [1.54, 1.807) is 0 Å². The number of hydrogen-bond acceptors (Lipinski definition) is 5. The molecule has 1 aliphatic heterocycles. The molecule has 0 radical (unpaired) electrons. The summed E-state index contributed by atoms with van der Waals surface area (Å²) in [5, 5.41) is 11.2. The lowest BCUT2D eigenvalue weighted by Gasteiger charge is -2.40. The molecule has 7 nitrogen and oxygen atoms in total. The van der Waals surface area contributed by atoms with E-state index in [9.17, 15) is 18.5 Å². The van der Waals surface area contributed by atoms with Crippen molar-refractivity contribution in [3.63, 3.8) is 0 Å². The minimum absolute atomic E-state index is 0.201. The largest absolute Gasteiger partial charge is 0.297 e. The number of rotatable bonds is 4. The van der Waals surface area contributed by atoms with Gasteiger partial charge in [0.15, 0.2) is 4.90 Å². The Balaban J connectivity index is 1.48. The van der Waals surface area contributed by atoms with Crippen LogP contribution in [-0.4, -0.2) is 54.8 Å². The summed E-state index contributed by atoms with van der Waals surface area (Å²) in [4.78, 5) is 12.8. The molecule has 0 spiro atoms. The highest BCUT2D eigenvalue weighted by Crippen LogP contribution is 2.46. The Bertz CT molecular complexity index is 774. The molecular weight excluding hydrogens is 342 g/mol. The summed E-state index contributed by atoms with van der Waals surface area (Å²) in [5.74, 6) is 1.65. The zero-order valence-electron chi connectivity index (χ0n) is 14.1. The summed E-state index contributed by atoms with van der Waals surface area (Å²) in [5.41, 5.74) is -0.349. The first-order valence-corrected chi connectivity index (χ1v) is 10.4. The Morgan fingerprint density at radius 1 is 1.04 bits per heavy atom. The normalized spacial score (nSPS) is 30.6. The second-order valence-electron chi connectivity index (χ2n) is 7.41. The molecule has 0 unspecified atom stereocenters.